The van der Waals surface area contributed by atoms with E-state index < -0.39 is 0 Å². The second-order valence-corrected chi connectivity index (χ2v) is 1.39. The monoisotopic (exact) mass is 100 g/mol. The molecular weight excluding hydrogens is 88.1 g/mol. The number of allylic oxidation sites excluding steroid dienone is 1. The molecule has 1 heteroatoms. The van der Waals surface area contributed by atoms with Crippen molar-refractivity contribution in [3.05, 3.63) is 12.2 Å². The maximum absolute atomic E-state index is 8.24. The lowest BCUT2D eigenvalue weighted by Crippen LogP contribution is -1.73. The molecule has 0 atom stereocenters. The summed E-state index contributed by atoms with van der Waals surface area (Å²) in [4.78, 5) is 0. The van der Waals surface area contributed by atoms with E-state index in [1.165, 1.54) is 0 Å². The maximum atomic E-state index is 8.24. The van der Waals surface area contributed by atoms with Gasteiger partial charge in [0.2, 0.25) is 0 Å². The van der Waals surface area contributed by atoms with Gasteiger partial charge in [0.25, 0.3) is 0 Å². The third-order valence-electron chi connectivity index (χ3n) is 0.698. The molecule has 0 heterocycles. The van der Waals surface area contributed by atoms with Gasteiger partial charge in [0.1, 0.15) is 0 Å². The summed E-state index contributed by atoms with van der Waals surface area (Å²) in [6.07, 6.45) is 5.91. The highest BCUT2D eigenvalue weighted by Gasteiger charge is 1.68. The van der Waals surface area contributed by atoms with E-state index in [2.05, 4.69) is 13.0 Å². The molecule has 0 aromatic rings. The summed E-state index contributed by atoms with van der Waals surface area (Å²) >= 11 is 0. The molecule has 0 bridgehead atoms. The topological polar surface area (TPSA) is 20.2 Å². The Kier molecular flexibility index (Phi) is 5.46. The van der Waals surface area contributed by atoms with Crippen molar-refractivity contribution in [3.63, 3.8) is 0 Å². The van der Waals surface area contributed by atoms with Crippen LogP contribution in [0.5, 0.6) is 0 Å². The Morgan fingerprint density at radius 2 is 2.14 bits per heavy atom. The second kappa shape index (κ2) is 5.70. The summed E-state index contributed by atoms with van der Waals surface area (Å²) in [6.45, 7) is 2.35. The summed E-state index contributed by atoms with van der Waals surface area (Å²) in [6, 6.07) is 0. The van der Waals surface area contributed by atoms with Crippen molar-refractivity contribution in [2.75, 3.05) is 6.61 Å². The van der Waals surface area contributed by atoms with Crippen LogP contribution in [0.15, 0.2) is 12.2 Å². The molecule has 7 heavy (non-hydrogen) atoms. The molecule has 0 spiro atoms. The van der Waals surface area contributed by atoms with Crippen LogP contribution in [0.2, 0.25) is 0 Å². The van der Waals surface area contributed by atoms with Crippen LogP contribution in [-0.2, 0) is 0 Å². The lowest BCUT2D eigenvalue weighted by atomic mass is 10.3. The first-order valence-electron chi connectivity index (χ1n) is 2.67. The number of hydrogen-bond donors (Lipinski definition) is 1. The van der Waals surface area contributed by atoms with Crippen LogP contribution in [0.25, 0.3) is 0 Å². The van der Waals surface area contributed by atoms with Crippen LogP contribution in [-0.4, -0.2) is 11.7 Å². The highest BCUT2D eigenvalue weighted by atomic mass is 16.2. The fourth-order valence-electron chi connectivity index (χ4n) is 0.359. The minimum Gasteiger partial charge on any atom is -0.396 e. The summed E-state index contributed by atoms with van der Waals surface area (Å²) in [7, 11) is 0. The zero-order valence-corrected chi connectivity index (χ0v) is 4.72. The van der Waals surface area contributed by atoms with E-state index >= 15 is 0 Å². The molecule has 1 nitrogen and oxygen atoms in total. The van der Waals surface area contributed by atoms with Gasteiger partial charge in [0, 0.05) is 6.61 Å². The lowest BCUT2D eigenvalue weighted by Gasteiger charge is -1.79. The van der Waals surface area contributed by atoms with Gasteiger partial charge in [-0.1, -0.05) is 19.1 Å². The lowest BCUT2D eigenvalue weighted by molar-refractivity contribution is 0.302. The van der Waals surface area contributed by atoms with Gasteiger partial charge < -0.3 is 5.11 Å². The van der Waals surface area contributed by atoms with E-state index in [4.69, 9.17) is 5.11 Å². The van der Waals surface area contributed by atoms with E-state index in [0.717, 1.165) is 12.8 Å². The van der Waals surface area contributed by atoms with Gasteiger partial charge in [-0.3, -0.25) is 0 Å². The zero-order valence-electron chi connectivity index (χ0n) is 4.72. The van der Waals surface area contributed by atoms with E-state index in [9.17, 15) is 0 Å². The molecule has 0 rings (SSSR count). The molecule has 0 amide bonds. The van der Waals surface area contributed by atoms with Crippen LogP contribution in [0, 0.1) is 0 Å². The van der Waals surface area contributed by atoms with Gasteiger partial charge >= 0.3 is 0 Å². The Morgan fingerprint density at radius 3 is 2.57 bits per heavy atom. The predicted molar refractivity (Wildman–Crippen MR) is 31.1 cm³/mol. The maximum Gasteiger partial charge on any atom is 0.0465 e. The zero-order chi connectivity index (χ0) is 5.54. The van der Waals surface area contributed by atoms with Crippen LogP contribution >= 0.6 is 0 Å². The molecule has 0 aliphatic carbocycles. The highest BCUT2D eigenvalue weighted by Crippen LogP contribution is 1.82. The molecule has 0 unspecified atom stereocenters. The SMILES string of the molecule is CCC=CCCO. The number of rotatable bonds is 3. The predicted octanol–water partition coefficient (Wildman–Crippen LogP) is 1.33. The van der Waals surface area contributed by atoms with Gasteiger partial charge in [0.05, 0.1) is 0 Å². The average Bonchev–Trinajstić information content (AvgIpc) is 1.69. The van der Waals surface area contributed by atoms with Gasteiger partial charge in [-0.05, 0) is 12.8 Å². The first-order chi connectivity index (χ1) is 3.41. The van der Waals surface area contributed by atoms with Crippen LogP contribution in [0.4, 0.5) is 0 Å². The largest absolute Gasteiger partial charge is 0.396 e. The third-order valence-corrected chi connectivity index (χ3v) is 0.698. The van der Waals surface area contributed by atoms with Gasteiger partial charge in [-0.2, -0.15) is 0 Å². The molecule has 0 radical (unpaired) electrons. The first-order valence-corrected chi connectivity index (χ1v) is 2.67. The van der Waals surface area contributed by atoms with Crippen molar-refractivity contribution in [1.82, 2.24) is 0 Å². The van der Waals surface area contributed by atoms with E-state index in [0.29, 0.717) is 0 Å². The summed E-state index contributed by atoms with van der Waals surface area (Å²) in [5, 5.41) is 8.24. The molecule has 0 aliphatic heterocycles. The van der Waals surface area contributed by atoms with Crippen molar-refractivity contribution in [3.8, 4) is 0 Å². The van der Waals surface area contributed by atoms with Crippen LogP contribution < -0.4 is 0 Å². The number of aliphatic hydroxyl groups is 1. The van der Waals surface area contributed by atoms with E-state index in [1.807, 2.05) is 6.08 Å². The van der Waals surface area contributed by atoms with Gasteiger partial charge in [-0.25, -0.2) is 0 Å². The number of aliphatic hydroxyl groups excluding tert-OH is 1. The Bertz CT molecular complexity index is 48.1. The van der Waals surface area contributed by atoms with Gasteiger partial charge in [0.15, 0.2) is 0 Å². The molecule has 0 fully saturated rings. The Balaban J connectivity index is 2.78. The standard InChI is InChI=1S/C6H12O/c1-2-3-4-5-6-7/h3-4,7H,2,5-6H2,1H3. The first kappa shape index (κ1) is 6.70. The van der Waals surface area contributed by atoms with Crippen LogP contribution in [0.3, 0.4) is 0 Å². The van der Waals surface area contributed by atoms with Crippen molar-refractivity contribution in [2.45, 2.75) is 19.8 Å². The quantitative estimate of drug-likeness (QED) is 0.530. The molecule has 0 aromatic carbocycles. The molecule has 0 aliphatic rings. The second-order valence-electron chi connectivity index (χ2n) is 1.39. The van der Waals surface area contributed by atoms with Crippen molar-refractivity contribution in [1.29, 1.82) is 0 Å². The fraction of sp³-hybridized carbons (Fsp3) is 0.667. The molecular formula is C6H12O. The number of hydrogen-bond acceptors (Lipinski definition) is 1. The smallest absolute Gasteiger partial charge is 0.0465 e. The minimum absolute atomic E-state index is 0.274. The molecule has 42 valence electrons. The highest BCUT2D eigenvalue weighted by molar-refractivity contribution is 4.79. The van der Waals surface area contributed by atoms with Gasteiger partial charge in [-0.15, -0.1) is 0 Å². The van der Waals surface area contributed by atoms with Crippen molar-refractivity contribution >= 4 is 0 Å². The van der Waals surface area contributed by atoms with E-state index in [1.54, 1.807) is 0 Å². The fourth-order valence-corrected chi connectivity index (χ4v) is 0.359. The van der Waals surface area contributed by atoms with Crippen LogP contribution in [0.1, 0.15) is 19.8 Å². The van der Waals surface area contributed by atoms with E-state index in [-0.39, 0.29) is 6.61 Å². The molecule has 1 N–H and O–H groups in total. The summed E-state index contributed by atoms with van der Waals surface area (Å²) < 4.78 is 0. The third kappa shape index (κ3) is 5.70. The van der Waals surface area contributed by atoms with Crippen molar-refractivity contribution in [2.24, 2.45) is 0 Å². The Morgan fingerprint density at radius 1 is 1.43 bits per heavy atom. The Labute approximate surface area is 44.7 Å². The normalized spacial score (nSPS) is 10.6. The summed E-state index contributed by atoms with van der Waals surface area (Å²) in [5.41, 5.74) is 0. The summed E-state index contributed by atoms with van der Waals surface area (Å²) in [5.74, 6) is 0. The average molecular weight is 100 g/mol. The minimum atomic E-state index is 0.274. The molecule has 0 saturated carbocycles. The molecule has 0 saturated heterocycles. The Hall–Kier alpha value is -0.300. The molecule has 0 aromatic heterocycles. The van der Waals surface area contributed by atoms with Crippen molar-refractivity contribution < 1.29 is 5.11 Å².